The molecule has 1 amide bonds. The number of hydrogen-bond donors (Lipinski definition) is 1. The average Bonchev–Trinajstić information content (AvgIpc) is 2.25. The molecule has 0 aliphatic carbocycles. The molecule has 0 bridgehead atoms. The number of primary amides is 1. The number of carbonyl (C=O) groups is 1. The van der Waals surface area contributed by atoms with E-state index >= 15 is 0 Å². The fourth-order valence-electron chi connectivity index (χ4n) is 1.52. The highest BCUT2D eigenvalue weighted by molar-refractivity contribution is 5.80. The number of aromatic nitrogens is 1. The van der Waals surface area contributed by atoms with E-state index in [4.69, 9.17) is 11.0 Å². The van der Waals surface area contributed by atoms with Crippen LogP contribution in [0.4, 0.5) is 5.82 Å². The molecule has 5 heteroatoms. The van der Waals surface area contributed by atoms with Crippen LogP contribution in [0.2, 0.25) is 0 Å². The predicted molar refractivity (Wildman–Crippen MR) is 65.4 cm³/mol. The van der Waals surface area contributed by atoms with E-state index in [1.807, 2.05) is 20.8 Å². The molecule has 90 valence electrons. The summed E-state index contributed by atoms with van der Waals surface area (Å²) >= 11 is 0. The maximum atomic E-state index is 11.0. The van der Waals surface area contributed by atoms with Gasteiger partial charge in [-0.2, -0.15) is 5.26 Å². The molecule has 1 aromatic heterocycles. The van der Waals surface area contributed by atoms with Crippen molar-refractivity contribution < 1.29 is 4.79 Å². The molecule has 5 nitrogen and oxygen atoms in total. The van der Waals surface area contributed by atoms with Crippen LogP contribution in [0.5, 0.6) is 0 Å². The lowest BCUT2D eigenvalue weighted by atomic mass is 10.2. The molecule has 2 N–H and O–H groups in total. The van der Waals surface area contributed by atoms with Crippen LogP contribution in [-0.2, 0) is 4.79 Å². The third kappa shape index (κ3) is 3.18. The Morgan fingerprint density at radius 1 is 1.59 bits per heavy atom. The molecule has 17 heavy (non-hydrogen) atoms. The second-order valence-corrected chi connectivity index (χ2v) is 4.12. The summed E-state index contributed by atoms with van der Waals surface area (Å²) in [6, 6.07) is 5.59. The lowest BCUT2D eigenvalue weighted by molar-refractivity contribution is -0.116. The normalized spacial score (nSPS) is 10.1. The smallest absolute Gasteiger partial charge is 0.237 e. The van der Waals surface area contributed by atoms with Crippen LogP contribution in [-0.4, -0.2) is 23.5 Å². The third-order valence-corrected chi connectivity index (χ3v) is 2.36. The summed E-state index contributed by atoms with van der Waals surface area (Å²) in [5.74, 6) is 0.0761. The van der Waals surface area contributed by atoms with Gasteiger partial charge in [-0.25, -0.2) is 4.98 Å². The van der Waals surface area contributed by atoms with E-state index in [0.717, 1.165) is 5.69 Å². The Kier molecular flexibility index (Phi) is 4.05. The molecular weight excluding hydrogens is 216 g/mol. The third-order valence-electron chi connectivity index (χ3n) is 2.36. The minimum atomic E-state index is -0.439. The fourth-order valence-corrected chi connectivity index (χ4v) is 1.52. The Bertz CT molecular complexity index is 462. The van der Waals surface area contributed by atoms with Gasteiger partial charge >= 0.3 is 0 Å². The zero-order valence-corrected chi connectivity index (χ0v) is 10.3. The summed E-state index contributed by atoms with van der Waals surface area (Å²) in [5, 5.41) is 9.04. The Morgan fingerprint density at radius 3 is 2.71 bits per heavy atom. The van der Waals surface area contributed by atoms with Crippen LogP contribution >= 0.6 is 0 Å². The number of nitriles is 1. The van der Waals surface area contributed by atoms with Gasteiger partial charge in [-0.3, -0.25) is 4.79 Å². The van der Waals surface area contributed by atoms with Crippen LogP contribution in [0.15, 0.2) is 12.1 Å². The van der Waals surface area contributed by atoms with E-state index in [1.165, 1.54) is 0 Å². The van der Waals surface area contributed by atoms with Gasteiger partial charge in [0.15, 0.2) is 0 Å². The van der Waals surface area contributed by atoms with Crippen molar-refractivity contribution in [1.82, 2.24) is 4.98 Å². The van der Waals surface area contributed by atoms with Gasteiger partial charge in [0, 0.05) is 11.7 Å². The van der Waals surface area contributed by atoms with Gasteiger partial charge in [0.2, 0.25) is 5.91 Å². The average molecular weight is 232 g/mol. The van der Waals surface area contributed by atoms with Gasteiger partial charge in [-0.1, -0.05) is 0 Å². The standard InChI is InChI=1S/C12H16N4O/c1-8(2)16(7-11(14)17)12-10(6-13)5-4-9(3)15-12/h4-5,8H,7H2,1-3H3,(H2,14,17). The zero-order valence-electron chi connectivity index (χ0n) is 10.3. The first-order valence-corrected chi connectivity index (χ1v) is 5.38. The van der Waals surface area contributed by atoms with Crippen molar-refractivity contribution in [2.45, 2.75) is 26.8 Å². The van der Waals surface area contributed by atoms with Crippen LogP contribution in [0.3, 0.4) is 0 Å². The number of rotatable bonds is 4. The zero-order chi connectivity index (χ0) is 13.0. The molecule has 0 unspecified atom stereocenters. The molecule has 0 aliphatic heterocycles. The highest BCUT2D eigenvalue weighted by Crippen LogP contribution is 2.19. The summed E-state index contributed by atoms with van der Waals surface area (Å²) in [7, 11) is 0. The molecule has 0 saturated carbocycles. The Labute approximate surface area is 101 Å². The van der Waals surface area contributed by atoms with E-state index < -0.39 is 5.91 Å². The van der Waals surface area contributed by atoms with E-state index in [0.29, 0.717) is 11.4 Å². The number of aryl methyl sites for hydroxylation is 1. The Hall–Kier alpha value is -2.09. The van der Waals surface area contributed by atoms with Crippen molar-refractivity contribution >= 4 is 11.7 Å². The number of hydrogen-bond acceptors (Lipinski definition) is 4. The number of nitrogens with two attached hydrogens (primary N) is 1. The number of anilines is 1. The van der Waals surface area contributed by atoms with Gasteiger partial charge in [0.1, 0.15) is 11.9 Å². The van der Waals surface area contributed by atoms with Gasteiger partial charge < -0.3 is 10.6 Å². The first kappa shape index (κ1) is 13.0. The topological polar surface area (TPSA) is 83.0 Å². The second kappa shape index (κ2) is 5.30. The maximum Gasteiger partial charge on any atom is 0.237 e. The molecule has 0 spiro atoms. The van der Waals surface area contributed by atoms with Gasteiger partial charge in [-0.05, 0) is 32.9 Å². The van der Waals surface area contributed by atoms with Crippen molar-refractivity contribution in [3.63, 3.8) is 0 Å². The van der Waals surface area contributed by atoms with Crippen molar-refractivity contribution in [3.05, 3.63) is 23.4 Å². The monoisotopic (exact) mass is 232 g/mol. The van der Waals surface area contributed by atoms with E-state index in [2.05, 4.69) is 11.1 Å². The summed E-state index contributed by atoms with van der Waals surface area (Å²) < 4.78 is 0. The summed E-state index contributed by atoms with van der Waals surface area (Å²) in [6.07, 6.45) is 0. The molecule has 0 atom stereocenters. The minimum absolute atomic E-state index is 0.0453. The molecule has 1 aromatic rings. The largest absolute Gasteiger partial charge is 0.368 e. The minimum Gasteiger partial charge on any atom is -0.368 e. The van der Waals surface area contributed by atoms with E-state index in [1.54, 1.807) is 17.0 Å². The fraction of sp³-hybridized carbons (Fsp3) is 0.417. The van der Waals surface area contributed by atoms with Crippen LogP contribution in [0.1, 0.15) is 25.1 Å². The number of pyridine rings is 1. The van der Waals surface area contributed by atoms with Crippen molar-refractivity contribution in [2.75, 3.05) is 11.4 Å². The van der Waals surface area contributed by atoms with Gasteiger partial charge in [0.05, 0.1) is 12.1 Å². The molecule has 1 heterocycles. The summed E-state index contributed by atoms with van der Waals surface area (Å²) in [4.78, 5) is 17.1. The quantitative estimate of drug-likeness (QED) is 0.838. The number of carbonyl (C=O) groups excluding carboxylic acids is 1. The van der Waals surface area contributed by atoms with Gasteiger partial charge in [-0.15, -0.1) is 0 Å². The molecule has 0 aliphatic rings. The van der Waals surface area contributed by atoms with Crippen LogP contribution in [0, 0.1) is 18.3 Å². The maximum absolute atomic E-state index is 11.0. The second-order valence-electron chi connectivity index (χ2n) is 4.12. The number of nitrogens with zero attached hydrogens (tertiary/aromatic N) is 3. The molecule has 0 radical (unpaired) electrons. The highest BCUT2D eigenvalue weighted by atomic mass is 16.1. The van der Waals surface area contributed by atoms with Crippen molar-refractivity contribution in [1.29, 1.82) is 5.26 Å². The molecular formula is C12H16N4O. The van der Waals surface area contributed by atoms with Crippen molar-refractivity contribution in [3.8, 4) is 6.07 Å². The molecule has 0 saturated heterocycles. The van der Waals surface area contributed by atoms with E-state index in [9.17, 15) is 4.79 Å². The van der Waals surface area contributed by atoms with Gasteiger partial charge in [0.25, 0.3) is 0 Å². The number of amides is 1. The van der Waals surface area contributed by atoms with Crippen molar-refractivity contribution in [2.24, 2.45) is 5.73 Å². The van der Waals surface area contributed by atoms with E-state index in [-0.39, 0.29) is 12.6 Å². The lowest BCUT2D eigenvalue weighted by Gasteiger charge is -2.27. The summed E-state index contributed by atoms with van der Waals surface area (Å²) in [5.41, 5.74) is 6.46. The first-order valence-electron chi connectivity index (χ1n) is 5.38. The lowest BCUT2D eigenvalue weighted by Crippen LogP contribution is -2.39. The molecule has 0 aromatic carbocycles. The Morgan fingerprint density at radius 2 is 2.24 bits per heavy atom. The highest BCUT2D eigenvalue weighted by Gasteiger charge is 2.18. The summed E-state index contributed by atoms with van der Waals surface area (Å²) in [6.45, 7) is 5.75. The first-order chi connectivity index (χ1) is 7.95. The Balaban J connectivity index is 3.22. The molecule has 0 fully saturated rings. The predicted octanol–water partition coefficient (Wildman–Crippen LogP) is 0.962. The molecule has 1 rings (SSSR count). The SMILES string of the molecule is Cc1ccc(C#N)c(N(CC(N)=O)C(C)C)n1. The van der Waals surface area contributed by atoms with Crippen LogP contribution < -0.4 is 10.6 Å². The van der Waals surface area contributed by atoms with Crippen LogP contribution in [0.25, 0.3) is 0 Å².